The largest absolute Gasteiger partial charge is 0.396 e. The van der Waals surface area contributed by atoms with Gasteiger partial charge in [-0.3, -0.25) is 4.98 Å². The number of imidazole rings is 1. The first kappa shape index (κ1) is 19.9. The number of nitrogens with zero attached hydrogens (tertiary/aromatic N) is 5. The molecule has 2 N–H and O–H groups in total. The first-order valence-corrected chi connectivity index (χ1v) is 11.5. The number of fused-ring (bicyclic) bond motifs is 2. The van der Waals surface area contributed by atoms with Gasteiger partial charge >= 0.3 is 0 Å². The molecule has 0 spiro atoms. The van der Waals surface area contributed by atoms with E-state index in [2.05, 4.69) is 62.7 Å². The topological polar surface area (TPSA) is 78.6 Å². The third-order valence-corrected chi connectivity index (χ3v) is 6.65. The molecule has 1 aliphatic heterocycles. The molecule has 7 heteroatoms. The molecule has 0 unspecified atom stereocenters. The Morgan fingerprint density at radius 2 is 1.94 bits per heavy atom. The van der Waals surface area contributed by atoms with E-state index in [4.69, 9.17) is 4.98 Å². The Hall–Kier alpha value is -3.71. The number of aliphatic hydroxyl groups is 1. The lowest BCUT2D eigenvalue weighted by Gasteiger charge is -2.33. The first-order valence-electron chi connectivity index (χ1n) is 11.5. The maximum atomic E-state index is 9.37. The highest BCUT2D eigenvalue weighted by Crippen LogP contribution is 2.29. The molecule has 7 nitrogen and oxygen atoms in total. The van der Waals surface area contributed by atoms with Crippen molar-refractivity contribution in [2.75, 3.05) is 29.9 Å². The lowest BCUT2D eigenvalue weighted by Crippen LogP contribution is -2.34. The quantitative estimate of drug-likeness (QED) is 0.483. The van der Waals surface area contributed by atoms with Crippen LogP contribution in [0.2, 0.25) is 0 Å². The van der Waals surface area contributed by atoms with E-state index < -0.39 is 0 Å². The molecule has 0 amide bonds. The molecule has 0 atom stereocenters. The molecule has 0 saturated carbocycles. The summed E-state index contributed by atoms with van der Waals surface area (Å²) in [6.07, 6.45) is 14.8. The van der Waals surface area contributed by atoms with Gasteiger partial charge in [-0.25, -0.2) is 9.97 Å². The zero-order valence-electron chi connectivity index (χ0n) is 18.4. The molecule has 4 aromatic rings. The van der Waals surface area contributed by atoms with Crippen LogP contribution in [0.15, 0.2) is 61.2 Å². The van der Waals surface area contributed by atoms with Crippen LogP contribution in [0.25, 0.3) is 23.0 Å². The number of benzene rings is 1. The molecule has 1 saturated heterocycles. The second-order valence-corrected chi connectivity index (χ2v) is 8.79. The zero-order valence-corrected chi connectivity index (χ0v) is 18.4. The predicted octanol–water partition coefficient (Wildman–Crippen LogP) is 4.31. The van der Waals surface area contributed by atoms with E-state index in [9.17, 15) is 5.11 Å². The Morgan fingerprint density at radius 3 is 2.76 bits per heavy atom. The van der Waals surface area contributed by atoms with E-state index in [0.29, 0.717) is 18.3 Å². The number of nitrogens with one attached hydrogen (secondary N) is 1. The van der Waals surface area contributed by atoms with Gasteiger partial charge in [0.05, 0.1) is 11.4 Å². The molecule has 1 aliphatic carbocycles. The fourth-order valence-electron chi connectivity index (χ4n) is 4.69. The van der Waals surface area contributed by atoms with Crippen molar-refractivity contribution in [3.8, 4) is 11.3 Å². The van der Waals surface area contributed by atoms with Gasteiger partial charge in [0.15, 0.2) is 11.5 Å². The lowest BCUT2D eigenvalue weighted by molar-refractivity contribution is 0.203. The fraction of sp³-hybridized carbons (Fsp3) is 0.269. The normalized spacial score (nSPS) is 15.8. The third-order valence-electron chi connectivity index (χ3n) is 6.65. The molecule has 33 heavy (non-hydrogen) atoms. The Balaban J connectivity index is 1.26. The van der Waals surface area contributed by atoms with Crippen LogP contribution < -0.4 is 10.2 Å². The van der Waals surface area contributed by atoms with Crippen molar-refractivity contribution in [1.29, 1.82) is 0 Å². The SMILES string of the molecule is OCC1CCN(c2ccc(Nc3nc(-c4cnc5c(c4)CC=C5)cn4ccnc34)cc2)CC1. The third kappa shape index (κ3) is 3.85. The molecular formula is C26H26N6O. The van der Waals surface area contributed by atoms with Crippen LogP contribution in [0.5, 0.6) is 0 Å². The number of rotatable bonds is 5. The molecule has 4 heterocycles. The fourth-order valence-corrected chi connectivity index (χ4v) is 4.69. The summed E-state index contributed by atoms with van der Waals surface area (Å²) in [7, 11) is 0. The standard InChI is InChI=1S/C26H26N6O/c33-17-18-8-11-31(12-9-18)22-6-4-21(5-7-22)29-25-26-27-10-13-32(26)16-24(30-25)20-14-19-2-1-3-23(19)28-15-20/h1,3-7,10,13-16,18,33H,2,8-9,11-12,17H2,(H,29,30). The van der Waals surface area contributed by atoms with Crippen LogP contribution in [0, 0.1) is 5.92 Å². The summed E-state index contributed by atoms with van der Waals surface area (Å²) < 4.78 is 2.00. The monoisotopic (exact) mass is 438 g/mol. The molecule has 0 bridgehead atoms. The van der Waals surface area contributed by atoms with Crippen LogP contribution in [0.1, 0.15) is 24.1 Å². The van der Waals surface area contributed by atoms with E-state index >= 15 is 0 Å². The molecule has 6 rings (SSSR count). The number of hydrogen-bond donors (Lipinski definition) is 2. The molecule has 166 valence electrons. The molecule has 2 aliphatic rings. The maximum Gasteiger partial charge on any atom is 0.180 e. The van der Waals surface area contributed by atoms with Crippen LogP contribution in [0.3, 0.4) is 0 Å². The summed E-state index contributed by atoms with van der Waals surface area (Å²) in [6, 6.07) is 10.6. The van der Waals surface area contributed by atoms with Crippen molar-refractivity contribution < 1.29 is 5.11 Å². The van der Waals surface area contributed by atoms with Gasteiger partial charge in [0.2, 0.25) is 0 Å². The van der Waals surface area contributed by atoms with E-state index in [-0.39, 0.29) is 0 Å². The lowest BCUT2D eigenvalue weighted by atomic mass is 9.97. The minimum absolute atomic E-state index is 0.295. The van der Waals surface area contributed by atoms with Gasteiger partial charge in [-0.15, -0.1) is 0 Å². The number of pyridine rings is 1. The summed E-state index contributed by atoms with van der Waals surface area (Å²) in [6.45, 7) is 2.27. The minimum Gasteiger partial charge on any atom is -0.396 e. The maximum absolute atomic E-state index is 9.37. The smallest absolute Gasteiger partial charge is 0.180 e. The van der Waals surface area contributed by atoms with Crippen LogP contribution in [-0.4, -0.2) is 44.2 Å². The summed E-state index contributed by atoms with van der Waals surface area (Å²) in [5.41, 5.74) is 7.09. The average molecular weight is 439 g/mol. The minimum atomic E-state index is 0.295. The number of allylic oxidation sites excluding steroid dienone is 1. The number of aromatic nitrogens is 4. The van der Waals surface area contributed by atoms with Crippen molar-refractivity contribution in [3.05, 3.63) is 72.5 Å². The van der Waals surface area contributed by atoms with Gasteiger partial charge in [0.1, 0.15) is 0 Å². The highest BCUT2D eigenvalue weighted by Gasteiger charge is 2.19. The Morgan fingerprint density at radius 1 is 1.09 bits per heavy atom. The van der Waals surface area contributed by atoms with Crippen molar-refractivity contribution in [2.45, 2.75) is 19.3 Å². The molecule has 1 fully saturated rings. The summed E-state index contributed by atoms with van der Waals surface area (Å²) in [4.78, 5) is 16.4. The number of hydrogen-bond acceptors (Lipinski definition) is 6. The van der Waals surface area contributed by atoms with Crippen molar-refractivity contribution >= 4 is 28.9 Å². The Bertz CT molecular complexity index is 1320. The Kier molecular flexibility index (Phi) is 5.03. The van der Waals surface area contributed by atoms with Gasteiger partial charge in [0, 0.05) is 61.4 Å². The van der Waals surface area contributed by atoms with Crippen LogP contribution in [0.4, 0.5) is 17.2 Å². The average Bonchev–Trinajstić information content (AvgIpc) is 3.53. The van der Waals surface area contributed by atoms with Gasteiger partial charge in [-0.2, -0.15) is 0 Å². The van der Waals surface area contributed by atoms with Gasteiger partial charge in [-0.1, -0.05) is 6.08 Å². The second kappa shape index (κ2) is 8.33. The zero-order chi connectivity index (χ0) is 22.2. The number of aliphatic hydroxyl groups excluding tert-OH is 1. The summed E-state index contributed by atoms with van der Waals surface area (Å²) in [5, 5.41) is 12.8. The first-order chi connectivity index (χ1) is 16.3. The van der Waals surface area contributed by atoms with E-state index in [1.807, 2.05) is 23.0 Å². The van der Waals surface area contributed by atoms with E-state index in [1.165, 1.54) is 11.3 Å². The Labute approximate surface area is 192 Å². The molecule has 0 radical (unpaired) electrons. The highest BCUT2D eigenvalue weighted by atomic mass is 16.3. The molecule has 3 aromatic heterocycles. The predicted molar refractivity (Wildman–Crippen MR) is 131 cm³/mol. The van der Waals surface area contributed by atoms with Gasteiger partial charge in [0.25, 0.3) is 0 Å². The summed E-state index contributed by atoms with van der Waals surface area (Å²) in [5.74, 6) is 1.15. The highest BCUT2D eigenvalue weighted by molar-refractivity contribution is 5.75. The van der Waals surface area contributed by atoms with Crippen molar-refractivity contribution in [3.63, 3.8) is 0 Å². The van der Waals surface area contributed by atoms with E-state index in [0.717, 1.165) is 60.6 Å². The van der Waals surface area contributed by atoms with Gasteiger partial charge < -0.3 is 19.7 Å². The van der Waals surface area contributed by atoms with Gasteiger partial charge in [-0.05, 0) is 67.2 Å². The van der Waals surface area contributed by atoms with Crippen molar-refractivity contribution in [2.24, 2.45) is 5.92 Å². The van der Waals surface area contributed by atoms with Crippen LogP contribution >= 0.6 is 0 Å². The second-order valence-electron chi connectivity index (χ2n) is 8.79. The summed E-state index contributed by atoms with van der Waals surface area (Å²) >= 11 is 0. The van der Waals surface area contributed by atoms with Crippen LogP contribution in [-0.2, 0) is 6.42 Å². The molecule has 1 aromatic carbocycles. The number of piperidine rings is 1. The van der Waals surface area contributed by atoms with E-state index in [1.54, 1.807) is 6.20 Å². The molecular weight excluding hydrogens is 412 g/mol. The number of anilines is 3. The van der Waals surface area contributed by atoms with Crippen molar-refractivity contribution in [1.82, 2.24) is 19.4 Å².